The molecule has 0 spiro atoms. The van der Waals surface area contributed by atoms with Crippen LogP contribution in [0.15, 0.2) is 40.9 Å². The minimum atomic E-state index is -0.491. The first-order valence-corrected chi connectivity index (χ1v) is 9.67. The molecule has 3 rings (SSSR count). The van der Waals surface area contributed by atoms with E-state index in [4.69, 9.17) is 0 Å². The van der Waals surface area contributed by atoms with Gasteiger partial charge in [0.1, 0.15) is 12.4 Å². The average Bonchev–Trinajstić information content (AvgIpc) is 3.16. The van der Waals surface area contributed by atoms with Crippen LogP contribution in [-0.4, -0.2) is 33.5 Å². The van der Waals surface area contributed by atoms with Gasteiger partial charge in [-0.1, -0.05) is 17.7 Å². The molecular weight excluding hydrogens is 389 g/mol. The number of carbonyl (C=O) groups is 3. The second-order valence-corrected chi connectivity index (χ2v) is 8.15. The topological polar surface area (TPSA) is 79.4 Å². The highest BCUT2D eigenvalue weighted by molar-refractivity contribution is 8.18. The molecule has 1 aliphatic heterocycles. The Kier molecular flexibility index (Phi) is 5.71. The summed E-state index contributed by atoms with van der Waals surface area (Å²) in [7, 11) is 0. The molecule has 0 saturated carbocycles. The molecule has 0 radical (unpaired) electrons. The fraction of sp³-hybridized carbons (Fsp3) is 0.222. The van der Waals surface area contributed by atoms with Crippen LogP contribution in [0, 0.1) is 5.82 Å². The van der Waals surface area contributed by atoms with Crippen molar-refractivity contribution in [1.82, 2.24) is 9.88 Å². The molecule has 1 aliphatic rings. The third kappa shape index (κ3) is 4.61. The minimum Gasteiger partial charge on any atom is -0.300 e. The number of allylic oxidation sites excluding steroid dienone is 1. The second-order valence-electron chi connectivity index (χ2n) is 6.07. The lowest BCUT2D eigenvalue weighted by Gasteiger charge is -2.11. The number of rotatable bonds is 5. The van der Waals surface area contributed by atoms with Gasteiger partial charge in [0, 0.05) is 17.5 Å². The van der Waals surface area contributed by atoms with Gasteiger partial charge in [-0.25, -0.2) is 9.37 Å². The maximum absolute atomic E-state index is 13.0. The van der Waals surface area contributed by atoms with Crippen molar-refractivity contribution in [2.45, 2.75) is 20.3 Å². The molecule has 1 saturated heterocycles. The Labute approximate surface area is 163 Å². The summed E-state index contributed by atoms with van der Waals surface area (Å²) in [5.74, 6) is -1.23. The number of nitrogens with zero attached hydrogens (tertiary/aromatic N) is 2. The number of hydrogen-bond donors (Lipinski definition) is 1. The van der Waals surface area contributed by atoms with Crippen molar-refractivity contribution >= 4 is 45.3 Å². The predicted octanol–water partition coefficient (Wildman–Crippen LogP) is 3.80. The lowest BCUT2D eigenvalue weighted by Crippen LogP contribution is -2.36. The van der Waals surface area contributed by atoms with E-state index in [2.05, 4.69) is 10.3 Å². The number of aromatic nitrogens is 1. The van der Waals surface area contributed by atoms with Crippen LogP contribution < -0.4 is 5.32 Å². The summed E-state index contributed by atoms with van der Waals surface area (Å²) < 4.78 is 13.0. The largest absolute Gasteiger partial charge is 0.300 e. The molecule has 0 atom stereocenters. The van der Waals surface area contributed by atoms with Crippen LogP contribution in [0.5, 0.6) is 0 Å². The van der Waals surface area contributed by atoms with Crippen LogP contribution in [0.25, 0.3) is 0 Å². The molecule has 1 fully saturated rings. The number of benzene rings is 1. The molecule has 0 unspecified atom stereocenters. The molecule has 0 aliphatic carbocycles. The van der Waals surface area contributed by atoms with E-state index in [0.717, 1.165) is 32.7 Å². The highest BCUT2D eigenvalue weighted by atomic mass is 32.2. The van der Waals surface area contributed by atoms with E-state index in [9.17, 15) is 18.8 Å². The Morgan fingerprint density at radius 3 is 2.56 bits per heavy atom. The van der Waals surface area contributed by atoms with Crippen molar-refractivity contribution in [2.24, 2.45) is 0 Å². The van der Waals surface area contributed by atoms with Gasteiger partial charge in [-0.3, -0.25) is 19.3 Å². The lowest BCUT2D eigenvalue weighted by atomic mass is 10.1. The third-order valence-electron chi connectivity index (χ3n) is 3.70. The molecule has 6 nitrogen and oxygen atoms in total. The molecule has 2 heterocycles. The zero-order valence-electron chi connectivity index (χ0n) is 14.6. The van der Waals surface area contributed by atoms with Crippen molar-refractivity contribution < 1.29 is 18.8 Å². The first-order valence-electron chi connectivity index (χ1n) is 8.03. The molecule has 3 amide bonds. The molecule has 140 valence electrons. The second kappa shape index (κ2) is 8.01. The number of thioether (sulfide) groups is 1. The summed E-state index contributed by atoms with van der Waals surface area (Å²) in [5.41, 5.74) is 1.67. The Morgan fingerprint density at radius 2 is 1.93 bits per heavy atom. The van der Waals surface area contributed by atoms with Gasteiger partial charge in [-0.15, -0.1) is 11.3 Å². The van der Waals surface area contributed by atoms with E-state index < -0.39 is 17.1 Å². The molecule has 1 aromatic heterocycles. The molecule has 27 heavy (non-hydrogen) atoms. The molecule has 1 aromatic carbocycles. The number of nitrogens with one attached hydrogen (secondary N) is 1. The monoisotopic (exact) mass is 405 g/mol. The van der Waals surface area contributed by atoms with E-state index in [0.29, 0.717) is 16.5 Å². The van der Waals surface area contributed by atoms with Crippen molar-refractivity contribution in [2.75, 3.05) is 11.9 Å². The quantitative estimate of drug-likeness (QED) is 0.766. The fourth-order valence-electron chi connectivity index (χ4n) is 2.40. The Balaban J connectivity index is 1.60. The maximum atomic E-state index is 13.0. The average molecular weight is 405 g/mol. The van der Waals surface area contributed by atoms with Crippen LogP contribution in [0.4, 0.5) is 14.3 Å². The summed E-state index contributed by atoms with van der Waals surface area (Å²) in [6.07, 6.45) is 2.20. The summed E-state index contributed by atoms with van der Waals surface area (Å²) in [6.45, 7) is 3.14. The highest BCUT2D eigenvalue weighted by Crippen LogP contribution is 2.32. The molecule has 1 N–H and O–H groups in total. The highest BCUT2D eigenvalue weighted by Gasteiger charge is 2.36. The zero-order chi connectivity index (χ0) is 19.6. The number of hydrogen-bond acceptors (Lipinski definition) is 6. The van der Waals surface area contributed by atoms with Crippen LogP contribution in [0.3, 0.4) is 0 Å². The molecule has 0 bridgehead atoms. The van der Waals surface area contributed by atoms with E-state index in [1.54, 1.807) is 32.2 Å². The van der Waals surface area contributed by atoms with Gasteiger partial charge in [0.2, 0.25) is 5.91 Å². The SMILES string of the molecule is CC(C)=C1SC(=O)N(CC(=O)Nc2ncc(Cc3ccc(F)cc3)s2)C1=O. The Hall–Kier alpha value is -2.52. The summed E-state index contributed by atoms with van der Waals surface area (Å²) in [4.78, 5) is 42.6. The van der Waals surface area contributed by atoms with Crippen molar-refractivity contribution in [3.8, 4) is 0 Å². The third-order valence-corrected chi connectivity index (χ3v) is 5.79. The van der Waals surface area contributed by atoms with E-state index in [1.165, 1.54) is 23.5 Å². The van der Waals surface area contributed by atoms with Crippen LogP contribution in [0.2, 0.25) is 0 Å². The number of halogens is 1. The van der Waals surface area contributed by atoms with Crippen LogP contribution in [-0.2, 0) is 16.0 Å². The van der Waals surface area contributed by atoms with Crippen LogP contribution in [0.1, 0.15) is 24.3 Å². The molecule has 9 heteroatoms. The number of thiazole rings is 1. The van der Waals surface area contributed by atoms with Crippen molar-refractivity contribution in [1.29, 1.82) is 0 Å². The minimum absolute atomic E-state index is 0.295. The maximum Gasteiger partial charge on any atom is 0.294 e. The predicted molar refractivity (Wildman–Crippen MR) is 103 cm³/mol. The van der Waals surface area contributed by atoms with Gasteiger partial charge in [-0.05, 0) is 43.3 Å². The van der Waals surface area contributed by atoms with Gasteiger partial charge < -0.3 is 5.32 Å². The summed E-state index contributed by atoms with van der Waals surface area (Å²) in [5, 5.41) is 2.53. The first-order chi connectivity index (χ1) is 12.8. The Bertz CT molecular complexity index is 934. The number of anilines is 1. The van der Waals surface area contributed by atoms with E-state index in [1.807, 2.05) is 0 Å². The number of carbonyl (C=O) groups excluding carboxylic acids is 3. The van der Waals surface area contributed by atoms with Gasteiger partial charge in [-0.2, -0.15) is 0 Å². The van der Waals surface area contributed by atoms with Crippen LogP contribution >= 0.6 is 23.1 Å². The van der Waals surface area contributed by atoms with Gasteiger partial charge >= 0.3 is 0 Å². The first kappa shape index (κ1) is 19.2. The molecule has 2 aromatic rings. The van der Waals surface area contributed by atoms with Crippen molar-refractivity contribution in [3.63, 3.8) is 0 Å². The zero-order valence-corrected chi connectivity index (χ0v) is 16.2. The summed E-state index contributed by atoms with van der Waals surface area (Å²) >= 11 is 2.13. The van der Waals surface area contributed by atoms with E-state index in [-0.39, 0.29) is 12.4 Å². The lowest BCUT2D eigenvalue weighted by molar-refractivity contribution is -0.127. The fourth-order valence-corrected chi connectivity index (χ4v) is 4.09. The molecular formula is C18H16FN3O3S2. The van der Waals surface area contributed by atoms with E-state index >= 15 is 0 Å². The van der Waals surface area contributed by atoms with Gasteiger partial charge in [0.25, 0.3) is 11.1 Å². The smallest absolute Gasteiger partial charge is 0.294 e. The number of amides is 3. The normalized spacial score (nSPS) is 14.0. The number of imide groups is 1. The standard InChI is InChI=1S/C18H16FN3O3S2/c1-10(2)15-16(24)22(18(25)27-15)9-14(23)21-17-20-8-13(26-17)7-11-3-5-12(19)6-4-11/h3-6,8H,7,9H2,1-2H3,(H,20,21,23). The van der Waals surface area contributed by atoms with Crippen molar-refractivity contribution in [3.05, 3.63) is 57.2 Å². The Morgan fingerprint density at radius 1 is 1.22 bits per heavy atom. The summed E-state index contributed by atoms with van der Waals surface area (Å²) in [6, 6.07) is 6.16. The van der Waals surface area contributed by atoms with Gasteiger partial charge in [0.15, 0.2) is 5.13 Å². The van der Waals surface area contributed by atoms with Gasteiger partial charge in [0.05, 0.1) is 4.91 Å².